The maximum Gasteiger partial charge on any atom is 0.0457 e. The molecule has 0 bridgehead atoms. The fourth-order valence-electron chi connectivity index (χ4n) is 1.85. The Bertz CT molecular complexity index is 341. The van der Waals surface area contributed by atoms with Gasteiger partial charge in [-0.05, 0) is 43.1 Å². The SMILES string of the molecule is CC1NCCc2c(Br)ccc(Cl)c21.Cl. The van der Waals surface area contributed by atoms with E-state index in [1.165, 1.54) is 15.6 Å². The molecule has 1 atom stereocenters. The molecule has 0 aromatic heterocycles. The van der Waals surface area contributed by atoms with Gasteiger partial charge in [0.1, 0.15) is 0 Å². The van der Waals surface area contributed by atoms with Crippen molar-refractivity contribution in [3.63, 3.8) is 0 Å². The van der Waals surface area contributed by atoms with E-state index in [1.54, 1.807) is 0 Å². The van der Waals surface area contributed by atoms with Gasteiger partial charge in [0.15, 0.2) is 0 Å². The Balaban J connectivity index is 0.000000980. The molecule has 2 rings (SSSR count). The van der Waals surface area contributed by atoms with E-state index in [0.717, 1.165) is 18.0 Å². The van der Waals surface area contributed by atoms with Crippen molar-refractivity contribution in [1.29, 1.82) is 0 Å². The molecule has 1 nitrogen and oxygen atoms in total. The summed E-state index contributed by atoms with van der Waals surface area (Å²) in [5, 5.41) is 4.27. The number of nitrogens with one attached hydrogen (secondary N) is 1. The first kappa shape index (κ1) is 12.3. The van der Waals surface area contributed by atoms with Crippen LogP contribution in [0.5, 0.6) is 0 Å². The van der Waals surface area contributed by atoms with Crippen molar-refractivity contribution in [2.75, 3.05) is 6.54 Å². The highest BCUT2D eigenvalue weighted by Gasteiger charge is 2.20. The molecule has 1 aliphatic rings. The number of hydrogen-bond donors (Lipinski definition) is 1. The van der Waals surface area contributed by atoms with Crippen molar-refractivity contribution in [2.45, 2.75) is 19.4 Å². The fraction of sp³-hybridized carbons (Fsp3) is 0.400. The largest absolute Gasteiger partial charge is 0.310 e. The number of hydrogen-bond acceptors (Lipinski definition) is 1. The van der Waals surface area contributed by atoms with Crippen LogP contribution in [0.3, 0.4) is 0 Å². The molecule has 0 saturated heterocycles. The summed E-state index contributed by atoms with van der Waals surface area (Å²) in [5.41, 5.74) is 2.61. The van der Waals surface area contributed by atoms with Crippen molar-refractivity contribution in [3.8, 4) is 0 Å². The Kier molecular flexibility index (Phi) is 4.26. The first-order chi connectivity index (χ1) is 6.20. The maximum atomic E-state index is 6.15. The molecule has 0 fully saturated rings. The van der Waals surface area contributed by atoms with E-state index in [9.17, 15) is 0 Å². The van der Waals surface area contributed by atoms with Gasteiger partial charge in [-0.15, -0.1) is 12.4 Å². The number of benzene rings is 1. The van der Waals surface area contributed by atoms with Gasteiger partial charge < -0.3 is 5.32 Å². The highest BCUT2D eigenvalue weighted by atomic mass is 79.9. The summed E-state index contributed by atoms with van der Waals surface area (Å²) in [6.07, 6.45) is 1.06. The monoisotopic (exact) mass is 295 g/mol. The van der Waals surface area contributed by atoms with Crippen molar-refractivity contribution < 1.29 is 0 Å². The van der Waals surface area contributed by atoms with Crippen LogP contribution in [0.25, 0.3) is 0 Å². The molecule has 1 N–H and O–H groups in total. The minimum atomic E-state index is 0. The van der Waals surface area contributed by atoms with Gasteiger partial charge >= 0.3 is 0 Å². The van der Waals surface area contributed by atoms with Crippen LogP contribution < -0.4 is 5.32 Å². The summed E-state index contributed by atoms with van der Waals surface area (Å²) >= 11 is 9.71. The van der Waals surface area contributed by atoms with Crippen LogP contribution in [0, 0.1) is 0 Å². The van der Waals surface area contributed by atoms with E-state index in [0.29, 0.717) is 6.04 Å². The highest BCUT2D eigenvalue weighted by molar-refractivity contribution is 9.10. The lowest BCUT2D eigenvalue weighted by atomic mass is 9.95. The molecule has 1 aromatic carbocycles. The first-order valence-electron chi connectivity index (χ1n) is 4.40. The summed E-state index contributed by atoms with van der Waals surface area (Å²) in [7, 11) is 0. The second-order valence-electron chi connectivity index (χ2n) is 3.35. The molecular weight excluding hydrogens is 285 g/mol. The zero-order valence-electron chi connectivity index (χ0n) is 7.81. The molecule has 0 saturated carbocycles. The lowest BCUT2D eigenvalue weighted by Gasteiger charge is -2.25. The van der Waals surface area contributed by atoms with Gasteiger partial charge in [0.25, 0.3) is 0 Å². The lowest BCUT2D eigenvalue weighted by molar-refractivity contribution is 0.540. The Morgan fingerprint density at radius 2 is 2.21 bits per heavy atom. The van der Waals surface area contributed by atoms with E-state index in [4.69, 9.17) is 11.6 Å². The summed E-state index contributed by atoms with van der Waals surface area (Å²) in [6, 6.07) is 4.35. The van der Waals surface area contributed by atoms with Gasteiger partial charge in [0.2, 0.25) is 0 Å². The summed E-state index contributed by atoms with van der Waals surface area (Å²) in [4.78, 5) is 0. The molecule has 0 radical (unpaired) electrons. The molecule has 0 spiro atoms. The topological polar surface area (TPSA) is 12.0 Å². The van der Waals surface area contributed by atoms with Gasteiger partial charge in [0, 0.05) is 15.5 Å². The minimum absolute atomic E-state index is 0. The predicted molar refractivity (Wildman–Crippen MR) is 66.5 cm³/mol. The normalized spacial score (nSPS) is 19.8. The number of fused-ring (bicyclic) bond motifs is 1. The lowest BCUT2D eigenvalue weighted by Crippen LogP contribution is -2.28. The van der Waals surface area contributed by atoms with Crippen molar-refractivity contribution in [2.24, 2.45) is 0 Å². The highest BCUT2D eigenvalue weighted by Crippen LogP contribution is 2.34. The smallest absolute Gasteiger partial charge is 0.0457 e. The van der Waals surface area contributed by atoms with Crippen molar-refractivity contribution in [3.05, 3.63) is 32.8 Å². The summed E-state index contributed by atoms with van der Waals surface area (Å²) < 4.78 is 1.18. The molecule has 78 valence electrons. The number of rotatable bonds is 0. The van der Waals surface area contributed by atoms with E-state index in [1.807, 2.05) is 12.1 Å². The first-order valence-corrected chi connectivity index (χ1v) is 5.57. The number of halogens is 3. The van der Waals surface area contributed by atoms with Gasteiger partial charge in [-0.25, -0.2) is 0 Å². The molecule has 1 heterocycles. The Labute approximate surface area is 104 Å². The summed E-state index contributed by atoms with van der Waals surface area (Å²) in [6.45, 7) is 3.18. The molecule has 1 unspecified atom stereocenters. The molecular formula is C10H12BrCl2N. The van der Waals surface area contributed by atoms with Crippen LogP contribution in [-0.4, -0.2) is 6.54 Å². The standard InChI is InChI=1S/C10H11BrClN.ClH/c1-6-10-7(4-5-13-6)8(11)2-3-9(10)12;/h2-3,6,13H,4-5H2,1H3;1H. The third-order valence-corrected chi connectivity index (χ3v) is 3.58. The van der Waals surface area contributed by atoms with Crippen LogP contribution >= 0.6 is 39.9 Å². The molecule has 0 aliphatic carbocycles. The zero-order valence-corrected chi connectivity index (χ0v) is 11.0. The van der Waals surface area contributed by atoms with Gasteiger partial charge in [-0.3, -0.25) is 0 Å². The fourth-order valence-corrected chi connectivity index (χ4v) is 2.73. The average Bonchev–Trinajstić information content (AvgIpc) is 2.12. The van der Waals surface area contributed by atoms with Crippen LogP contribution in [-0.2, 0) is 6.42 Å². The molecule has 4 heteroatoms. The third-order valence-electron chi connectivity index (χ3n) is 2.51. The van der Waals surface area contributed by atoms with Gasteiger partial charge in [-0.1, -0.05) is 27.5 Å². The van der Waals surface area contributed by atoms with Crippen molar-refractivity contribution in [1.82, 2.24) is 5.32 Å². The van der Waals surface area contributed by atoms with Gasteiger partial charge in [-0.2, -0.15) is 0 Å². The van der Waals surface area contributed by atoms with Gasteiger partial charge in [0.05, 0.1) is 0 Å². The van der Waals surface area contributed by atoms with E-state index in [2.05, 4.69) is 28.2 Å². The molecule has 14 heavy (non-hydrogen) atoms. The Hall–Kier alpha value is 0.240. The van der Waals surface area contributed by atoms with E-state index in [-0.39, 0.29) is 12.4 Å². The predicted octanol–water partition coefficient (Wildman–Crippen LogP) is 3.73. The molecule has 1 aromatic rings. The van der Waals surface area contributed by atoms with Crippen LogP contribution in [0.4, 0.5) is 0 Å². The van der Waals surface area contributed by atoms with E-state index >= 15 is 0 Å². The average molecular weight is 297 g/mol. The van der Waals surface area contributed by atoms with Crippen LogP contribution in [0.15, 0.2) is 16.6 Å². The second kappa shape index (κ2) is 4.84. The Morgan fingerprint density at radius 3 is 2.86 bits per heavy atom. The van der Waals surface area contributed by atoms with Crippen LogP contribution in [0.2, 0.25) is 5.02 Å². The summed E-state index contributed by atoms with van der Waals surface area (Å²) in [5.74, 6) is 0. The molecule has 1 aliphatic heterocycles. The van der Waals surface area contributed by atoms with E-state index < -0.39 is 0 Å². The second-order valence-corrected chi connectivity index (χ2v) is 4.61. The van der Waals surface area contributed by atoms with Crippen molar-refractivity contribution >= 4 is 39.9 Å². The molecule has 0 amide bonds. The third kappa shape index (κ3) is 2.08. The maximum absolute atomic E-state index is 6.15. The van der Waals surface area contributed by atoms with Crippen LogP contribution in [0.1, 0.15) is 24.1 Å². The quantitative estimate of drug-likeness (QED) is 0.769. The Morgan fingerprint density at radius 1 is 1.50 bits per heavy atom. The minimum Gasteiger partial charge on any atom is -0.310 e. The zero-order chi connectivity index (χ0) is 9.42.